The maximum atomic E-state index is 13.2. The van der Waals surface area contributed by atoms with E-state index in [1.165, 1.54) is 32.0 Å². The molecule has 1 aliphatic heterocycles. The molecule has 0 unspecified atom stereocenters. The Morgan fingerprint density at radius 1 is 0.984 bits per heavy atom. The molecule has 3 aromatic heterocycles. The van der Waals surface area contributed by atoms with E-state index in [-0.39, 0.29) is 11.8 Å². The van der Waals surface area contributed by atoms with Crippen molar-refractivity contribution in [3.63, 3.8) is 0 Å². The first-order chi connectivity index (χ1) is 29.8. The lowest BCUT2D eigenvalue weighted by atomic mass is 9.89. The lowest BCUT2D eigenvalue weighted by Gasteiger charge is -2.30. The highest BCUT2D eigenvalue weighted by Crippen LogP contribution is 2.46. The van der Waals surface area contributed by atoms with Crippen molar-refractivity contribution in [2.24, 2.45) is 10.9 Å². The molecule has 0 bridgehead atoms. The summed E-state index contributed by atoms with van der Waals surface area (Å²) >= 11 is 6.79. The van der Waals surface area contributed by atoms with Gasteiger partial charge in [0.15, 0.2) is 0 Å². The first-order valence-corrected chi connectivity index (χ1v) is 25.6. The zero-order chi connectivity index (χ0) is 45.3. The number of thiazole rings is 1. The van der Waals surface area contributed by atoms with Crippen LogP contribution in [0.2, 0.25) is 0 Å². The highest BCUT2D eigenvalue weighted by molar-refractivity contribution is 8.13. The summed E-state index contributed by atoms with van der Waals surface area (Å²) in [5.74, 6) is 0.313. The van der Waals surface area contributed by atoms with Crippen molar-refractivity contribution in [3.8, 4) is 10.6 Å². The predicted octanol–water partition coefficient (Wildman–Crippen LogP) is 13.8. The van der Waals surface area contributed by atoms with Crippen molar-refractivity contribution in [1.29, 1.82) is 0 Å². The van der Waals surface area contributed by atoms with E-state index >= 15 is 0 Å². The topological polar surface area (TPSA) is 89.9 Å². The number of benzene rings is 2. The molecule has 0 spiro atoms. The second-order valence-electron chi connectivity index (χ2n) is 15.6. The minimum atomic E-state index is -2.17. The molecule has 0 radical (unpaired) electrons. The van der Waals surface area contributed by atoms with Crippen molar-refractivity contribution in [2.45, 2.75) is 132 Å². The van der Waals surface area contributed by atoms with Crippen molar-refractivity contribution < 1.29 is 18.4 Å². The number of alkyl halides is 2. The van der Waals surface area contributed by atoms with Crippen molar-refractivity contribution in [3.05, 3.63) is 81.0 Å². The molecule has 2 aromatic carbocycles. The minimum absolute atomic E-state index is 0.134. The van der Waals surface area contributed by atoms with E-state index in [2.05, 4.69) is 74.4 Å². The summed E-state index contributed by atoms with van der Waals surface area (Å²) in [4.78, 5) is 41.6. The van der Waals surface area contributed by atoms with Gasteiger partial charge in [0.25, 0.3) is 0 Å². The predicted molar refractivity (Wildman–Crippen MR) is 267 cm³/mol. The van der Waals surface area contributed by atoms with Crippen LogP contribution in [0.1, 0.15) is 114 Å². The number of aromatic nitrogens is 1. The average Bonchev–Trinajstić information content (AvgIpc) is 3.96. The molecule has 1 saturated carbocycles. The number of hydrogen-bond acceptors (Lipinski definition) is 10. The quantitative estimate of drug-likeness (QED) is 0.0736. The number of thioether (sulfide) groups is 1. The highest BCUT2D eigenvalue weighted by atomic mass is 32.2. The fourth-order valence-corrected chi connectivity index (χ4v) is 11.8. The zero-order valence-corrected chi connectivity index (χ0v) is 41.4. The number of anilines is 2. The number of fused-ring (bicyclic) bond motifs is 2. The van der Waals surface area contributed by atoms with Crippen LogP contribution in [0.5, 0.6) is 0 Å². The summed E-state index contributed by atoms with van der Waals surface area (Å²) < 4.78 is 21.9. The second-order valence-corrected chi connectivity index (χ2v) is 19.7. The van der Waals surface area contributed by atoms with Crippen LogP contribution in [0.25, 0.3) is 20.8 Å². The Kier molecular flexibility index (Phi) is 21.2. The SMILES string of the molecule is CC.CC(C)N1CCc2c(sc(NC=O)c2-c2nc3ccccc3s2)C1.CC(F)F.CCc1c(CN(C)C(C)C)sc(NC(=O)C2CCCCC2)c1C(=Nc1ccccc1)SC. The molecular weight excluding hydrogens is 859 g/mol. The van der Waals surface area contributed by atoms with Gasteiger partial charge in [-0.25, -0.2) is 18.8 Å². The Balaban J connectivity index is 0.000000249. The fourth-order valence-electron chi connectivity index (χ4n) is 7.36. The number of thiophene rings is 2. The summed E-state index contributed by atoms with van der Waals surface area (Å²) in [5, 5.41) is 10.1. The van der Waals surface area contributed by atoms with Crippen molar-refractivity contribution in [2.75, 3.05) is 30.5 Å². The van der Waals surface area contributed by atoms with Gasteiger partial charge in [0.05, 0.1) is 15.9 Å². The van der Waals surface area contributed by atoms with Crippen LogP contribution < -0.4 is 10.6 Å². The van der Waals surface area contributed by atoms with Crippen LogP contribution in [0.4, 0.5) is 24.5 Å². The van der Waals surface area contributed by atoms with E-state index in [0.29, 0.717) is 12.1 Å². The van der Waals surface area contributed by atoms with E-state index in [1.54, 1.807) is 45.8 Å². The summed E-state index contributed by atoms with van der Waals surface area (Å²) in [7, 11) is 2.16. The molecule has 0 saturated heterocycles. The van der Waals surface area contributed by atoms with Crippen LogP contribution in [0.3, 0.4) is 0 Å². The molecule has 338 valence electrons. The maximum Gasteiger partial charge on any atom is 0.235 e. The number of carbonyl (C=O) groups excluding carboxylic acids is 2. The molecule has 8 nitrogen and oxygen atoms in total. The van der Waals surface area contributed by atoms with Crippen molar-refractivity contribution in [1.82, 2.24) is 14.8 Å². The van der Waals surface area contributed by atoms with Gasteiger partial charge in [-0.1, -0.05) is 70.4 Å². The normalized spacial score (nSPS) is 14.5. The molecule has 14 heteroatoms. The number of aliphatic imine (C=N–C) groups is 1. The number of nitrogens with one attached hydrogen (secondary N) is 2. The molecule has 5 aromatic rings. The first-order valence-electron chi connectivity index (χ1n) is 21.9. The van der Waals surface area contributed by atoms with Gasteiger partial charge in [-0.05, 0) is 109 Å². The Hall–Kier alpha value is -3.53. The average molecular weight is 925 g/mol. The van der Waals surface area contributed by atoms with Crippen LogP contribution >= 0.6 is 45.8 Å². The van der Waals surface area contributed by atoms with Gasteiger partial charge in [-0.2, -0.15) is 0 Å². The first kappa shape index (κ1) is 51.1. The van der Waals surface area contributed by atoms with E-state index < -0.39 is 6.43 Å². The molecule has 0 atom stereocenters. The Morgan fingerprint density at radius 3 is 2.24 bits per heavy atom. The van der Waals surface area contributed by atoms with Gasteiger partial charge in [0, 0.05) is 58.5 Å². The number of carbonyl (C=O) groups is 2. The summed E-state index contributed by atoms with van der Waals surface area (Å²) in [6, 6.07) is 19.3. The molecule has 1 fully saturated rings. The number of rotatable bonds is 12. The van der Waals surface area contributed by atoms with Gasteiger partial charge in [0.2, 0.25) is 18.7 Å². The van der Waals surface area contributed by atoms with Gasteiger partial charge in [-0.3, -0.25) is 19.4 Å². The van der Waals surface area contributed by atoms with Crippen LogP contribution in [-0.2, 0) is 35.5 Å². The maximum absolute atomic E-state index is 13.2. The third-order valence-corrected chi connectivity index (χ3v) is 14.9. The van der Waals surface area contributed by atoms with Gasteiger partial charge >= 0.3 is 0 Å². The molecule has 2 amide bonds. The lowest BCUT2D eigenvalue weighted by molar-refractivity contribution is -0.120. The van der Waals surface area contributed by atoms with Crippen LogP contribution in [0, 0.1) is 5.92 Å². The molecule has 2 aliphatic rings. The molecule has 7 rings (SSSR count). The summed E-state index contributed by atoms with van der Waals surface area (Å²) in [6.45, 7) is 18.8. The Morgan fingerprint density at radius 2 is 1.65 bits per heavy atom. The number of halogens is 2. The number of para-hydroxylation sites is 2. The molecular formula is C48H66F2N6O2S4. The van der Waals surface area contributed by atoms with E-state index in [0.717, 1.165) is 114 Å². The minimum Gasteiger partial charge on any atom is -0.320 e. The van der Waals surface area contributed by atoms with Gasteiger partial charge in [-0.15, -0.1) is 45.8 Å². The smallest absolute Gasteiger partial charge is 0.235 e. The van der Waals surface area contributed by atoms with Gasteiger partial charge < -0.3 is 10.6 Å². The molecule has 4 heterocycles. The zero-order valence-electron chi connectivity index (χ0n) is 38.1. The lowest BCUT2D eigenvalue weighted by Crippen LogP contribution is -2.35. The van der Waals surface area contributed by atoms with E-state index in [1.807, 2.05) is 62.4 Å². The van der Waals surface area contributed by atoms with Crippen LogP contribution in [-0.4, -0.2) is 70.5 Å². The molecule has 1 aliphatic carbocycles. The number of hydrogen-bond donors (Lipinski definition) is 2. The van der Waals surface area contributed by atoms with E-state index in [4.69, 9.17) is 9.98 Å². The summed E-state index contributed by atoms with van der Waals surface area (Å²) in [5.41, 5.74) is 6.88. The number of nitrogens with zero attached hydrogens (tertiary/aromatic N) is 4. The standard InChI is InChI=1S/C26H37N3OS2.C18H19N3OS2.C2H4F2.C2H6/c1-6-21-22(17-29(4)18(2)3)32-26(28-24(30)19-13-9-7-10-14-19)23(21)25(31-5)27-20-15-11-8-12-16-20;1-11(2)21-8-7-12-15(9-21)24-17(19-10-22)16(12)18-20-13-5-3-4-6-14(13)23-18;1-2(3)4;1-2/h8,11-12,15-16,18-19H,6-7,9-10,13-14,17H2,1-5H3,(H,28,30);3-6,10-11H,7-9H2,1-2H3,(H,19,22);2H,1H3;1-2H3. The largest absolute Gasteiger partial charge is 0.320 e. The third kappa shape index (κ3) is 14.0. The second kappa shape index (κ2) is 25.7. The Labute approximate surface area is 385 Å². The van der Waals surface area contributed by atoms with Gasteiger partial charge in [0.1, 0.15) is 20.1 Å². The fraction of sp³-hybridized carbons (Fsp3) is 0.500. The third-order valence-electron chi connectivity index (χ3n) is 10.8. The van der Waals surface area contributed by atoms with Crippen LogP contribution in [0.15, 0.2) is 59.6 Å². The van der Waals surface area contributed by atoms with Crippen molar-refractivity contribution >= 4 is 89.0 Å². The molecule has 62 heavy (non-hydrogen) atoms. The summed E-state index contributed by atoms with van der Waals surface area (Å²) in [6.07, 6.45) is 8.18. The number of amides is 2. The Bertz CT molecular complexity index is 2140. The highest BCUT2D eigenvalue weighted by Gasteiger charge is 2.29. The van der Waals surface area contributed by atoms with E-state index in [9.17, 15) is 18.4 Å². The molecule has 2 N–H and O–H groups in total. The monoisotopic (exact) mass is 924 g/mol.